The van der Waals surface area contributed by atoms with Crippen molar-refractivity contribution in [2.75, 3.05) is 10.2 Å². The summed E-state index contributed by atoms with van der Waals surface area (Å²) in [6.07, 6.45) is 0.837. The number of aryl methyl sites for hydroxylation is 1. The molecule has 6 heteroatoms. The Hall–Kier alpha value is -2.99. The van der Waals surface area contributed by atoms with Gasteiger partial charge in [0.05, 0.1) is 5.69 Å². The summed E-state index contributed by atoms with van der Waals surface area (Å²) >= 11 is 1.40. The van der Waals surface area contributed by atoms with Crippen LogP contribution in [0, 0.1) is 6.92 Å². The second-order valence-electron chi connectivity index (χ2n) is 7.14. The van der Waals surface area contributed by atoms with E-state index in [2.05, 4.69) is 23.3 Å². The van der Waals surface area contributed by atoms with Crippen LogP contribution < -0.4 is 10.2 Å². The lowest BCUT2D eigenvalue weighted by atomic mass is 10.1. The highest BCUT2D eigenvalue weighted by atomic mass is 32.1. The van der Waals surface area contributed by atoms with Gasteiger partial charge in [-0.25, -0.2) is 4.98 Å². The van der Waals surface area contributed by atoms with Crippen LogP contribution in [0.25, 0.3) is 11.3 Å². The predicted molar refractivity (Wildman–Crippen MR) is 113 cm³/mol. The number of carbonyl (C=O) groups excluding carboxylic acids is 2. The number of rotatable bonds is 3. The molecule has 0 fully saturated rings. The van der Waals surface area contributed by atoms with Gasteiger partial charge in [-0.05, 0) is 50.1 Å². The van der Waals surface area contributed by atoms with Gasteiger partial charge in [0, 0.05) is 35.2 Å². The fourth-order valence-electron chi connectivity index (χ4n) is 3.61. The Morgan fingerprint density at radius 3 is 2.64 bits per heavy atom. The van der Waals surface area contributed by atoms with Gasteiger partial charge in [-0.2, -0.15) is 0 Å². The molecule has 1 atom stereocenters. The Balaban J connectivity index is 1.54. The molecule has 2 aromatic carbocycles. The smallest absolute Gasteiger partial charge is 0.257 e. The van der Waals surface area contributed by atoms with Gasteiger partial charge in [0.1, 0.15) is 0 Å². The highest BCUT2D eigenvalue weighted by Gasteiger charge is 2.29. The van der Waals surface area contributed by atoms with E-state index in [1.165, 1.54) is 11.3 Å². The fraction of sp³-hybridized carbons (Fsp3) is 0.227. The van der Waals surface area contributed by atoms with E-state index in [-0.39, 0.29) is 17.9 Å². The summed E-state index contributed by atoms with van der Waals surface area (Å²) in [7, 11) is 0. The van der Waals surface area contributed by atoms with Crippen molar-refractivity contribution in [3.05, 3.63) is 64.5 Å². The van der Waals surface area contributed by atoms with Crippen molar-refractivity contribution in [3.8, 4) is 11.3 Å². The normalized spacial score (nSPS) is 15.4. The van der Waals surface area contributed by atoms with Crippen LogP contribution in [0.4, 0.5) is 10.8 Å². The minimum absolute atomic E-state index is 0.0637. The van der Waals surface area contributed by atoms with Crippen LogP contribution in [0.3, 0.4) is 0 Å². The molecule has 142 valence electrons. The molecular formula is C22H21N3O2S. The number of hydrogen-bond donors (Lipinski definition) is 1. The molecule has 0 saturated carbocycles. The molecule has 1 aliphatic rings. The summed E-state index contributed by atoms with van der Waals surface area (Å²) < 4.78 is 0. The molecule has 0 saturated heterocycles. The maximum absolute atomic E-state index is 12.4. The number of thiazole rings is 1. The number of fused-ring (bicyclic) bond motifs is 1. The molecule has 0 aliphatic carbocycles. The summed E-state index contributed by atoms with van der Waals surface area (Å²) in [4.78, 5) is 30.7. The molecule has 0 unspecified atom stereocenters. The number of aromatic nitrogens is 1. The van der Waals surface area contributed by atoms with Crippen LogP contribution >= 0.6 is 11.3 Å². The first-order valence-electron chi connectivity index (χ1n) is 9.19. The molecule has 28 heavy (non-hydrogen) atoms. The van der Waals surface area contributed by atoms with Crippen LogP contribution in [-0.4, -0.2) is 22.8 Å². The quantitative estimate of drug-likeness (QED) is 0.706. The average Bonchev–Trinajstić information content (AvgIpc) is 3.24. The standard InChI is InChI=1S/C22H21N3O2S/c1-13-4-6-16(7-5-13)21(27)24-22-23-19(12-28-22)17-8-9-20-18(11-17)10-14(2)25(20)15(3)26/h4-9,11-12,14H,10H2,1-3H3,(H,23,24,27)/t14-/m1/s1. The highest BCUT2D eigenvalue weighted by molar-refractivity contribution is 7.14. The van der Waals surface area contributed by atoms with E-state index in [9.17, 15) is 9.59 Å². The van der Waals surface area contributed by atoms with E-state index in [0.29, 0.717) is 10.7 Å². The molecule has 0 spiro atoms. The van der Waals surface area contributed by atoms with Crippen LogP contribution in [0.5, 0.6) is 0 Å². The van der Waals surface area contributed by atoms with E-state index in [4.69, 9.17) is 0 Å². The minimum Gasteiger partial charge on any atom is -0.309 e. The zero-order chi connectivity index (χ0) is 19.8. The van der Waals surface area contributed by atoms with E-state index in [0.717, 1.165) is 34.5 Å². The third-order valence-electron chi connectivity index (χ3n) is 4.97. The second kappa shape index (κ2) is 7.20. The van der Waals surface area contributed by atoms with Gasteiger partial charge >= 0.3 is 0 Å². The lowest BCUT2D eigenvalue weighted by Crippen LogP contribution is -2.33. The highest BCUT2D eigenvalue weighted by Crippen LogP contribution is 2.36. The lowest BCUT2D eigenvalue weighted by Gasteiger charge is -2.20. The number of hydrogen-bond acceptors (Lipinski definition) is 4. The average molecular weight is 391 g/mol. The van der Waals surface area contributed by atoms with Gasteiger partial charge in [-0.1, -0.05) is 23.8 Å². The summed E-state index contributed by atoms with van der Waals surface area (Å²) in [5, 5.41) is 5.37. The Morgan fingerprint density at radius 1 is 1.18 bits per heavy atom. The summed E-state index contributed by atoms with van der Waals surface area (Å²) in [6, 6.07) is 13.7. The van der Waals surface area contributed by atoms with Gasteiger partial charge < -0.3 is 4.90 Å². The molecule has 0 radical (unpaired) electrons. The maximum Gasteiger partial charge on any atom is 0.257 e. The predicted octanol–water partition coefficient (Wildman–Crippen LogP) is 4.67. The second-order valence-corrected chi connectivity index (χ2v) is 8.00. The largest absolute Gasteiger partial charge is 0.309 e. The number of nitrogens with zero attached hydrogens (tertiary/aromatic N) is 2. The van der Waals surface area contributed by atoms with E-state index < -0.39 is 0 Å². The number of amides is 2. The van der Waals surface area contributed by atoms with E-state index in [1.807, 2.05) is 53.6 Å². The zero-order valence-electron chi connectivity index (χ0n) is 16.0. The van der Waals surface area contributed by atoms with Crippen molar-refractivity contribution in [2.24, 2.45) is 0 Å². The van der Waals surface area contributed by atoms with Gasteiger partial charge in [0.15, 0.2) is 5.13 Å². The first kappa shape index (κ1) is 18.4. The van der Waals surface area contributed by atoms with Gasteiger partial charge in [0.25, 0.3) is 5.91 Å². The van der Waals surface area contributed by atoms with Crippen LogP contribution in [0.2, 0.25) is 0 Å². The summed E-state index contributed by atoms with van der Waals surface area (Å²) in [6.45, 7) is 5.65. The molecule has 1 N–H and O–H groups in total. The van der Waals surface area contributed by atoms with Gasteiger partial charge in [-0.15, -0.1) is 11.3 Å². The lowest BCUT2D eigenvalue weighted by molar-refractivity contribution is -0.116. The van der Waals surface area contributed by atoms with Crippen LogP contribution in [-0.2, 0) is 11.2 Å². The molecule has 1 aromatic heterocycles. The van der Waals surface area contributed by atoms with Crippen molar-refractivity contribution in [3.63, 3.8) is 0 Å². The number of nitrogens with one attached hydrogen (secondary N) is 1. The zero-order valence-corrected chi connectivity index (χ0v) is 16.8. The van der Waals surface area contributed by atoms with Crippen LogP contribution in [0.1, 0.15) is 35.3 Å². The molecule has 2 amide bonds. The van der Waals surface area contributed by atoms with E-state index >= 15 is 0 Å². The molecular weight excluding hydrogens is 370 g/mol. The Bertz CT molecular complexity index is 1060. The fourth-order valence-corrected chi connectivity index (χ4v) is 4.32. The Morgan fingerprint density at radius 2 is 1.93 bits per heavy atom. The molecule has 0 bridgehead atoms. The van der Waals surface area contributed by atoms with Crippen molar-refractivity contribution in [1.82, 2.24) is 4.98 Å². The molecule has 4 rings (SSSR count). The number of benzene rings is 2. The third kappa shape index (κ3) is 3.43. The summed E-state index contributed by atoms with van der Waals surface area (Å²) in [5.74, 6) is -0.102. The van der Waals surface area contributed by atoms with E-state index in [1.54, 1.807) is 6.92 Å². The van der Waals surface area contributed by atoms with Gasteiger partial charge in [-0.3, -0.25) is 14.9 Å². The van der Waals surface area contributed by atoms with Crippen molar-refractivity contribution < 1.29 is 9.59 Å². The maximum atomic E-state index is 12.4. The molecule has 2 heterocycles. The Labute approximate surface area is 168 Å². The number of carbonyl (C=O) groups is 2. The first-order valence-corrected chi connectivity index (χ1v) is 10.1. The van der Waals surface area contributed by atoms with Crippen molar-refractivity contribution in [2.45, 2.75) is 33.2 Å². The molecule has 5 nitrogen and oxygen atoms in total. The van der Waals surface area contributed by atoms with Crippen molar-refractivity contribution in [1.29, 1.82) is 0 Å². The van der Waals surface area contributed by atoms with Crippen LogP contribution in [0.15, 0.2) is 47.8 Å². The van der Waals surface area contributed by atoms with Crippen molar-refractivity contribution >= 4 is 34.0 Å². The summed E-state index contributed by atoms with van der Waals surface area (Å²) in [5.41, 5.74) is 5.66. The molecule has 1 aliphatic heterocycles. The number of anilines is 2. The molecule has 3 aromatic rings. The minimum atomic E-state index is -0.166. The monoisotopic (exact) mass is 391 g/mol. The van der Waals surface area contributed by atoms with Gasteiger partial charge in [0.2, 0.25) is 5.91 Å². The third-order valence-corrected chi connectivity index (χ3v) is 5.73. The SMILES string of the molecule is CC(=O)N1c2ccc(-c3csc(NC(=O)c4ccc(C)cc4)n3)cc2C[C@H]1C. The Kier molecular flexibility index (Phi) is 4.73. The first-order chi connectivity index (χ1) is 13.4. The topological polar surface area (TPSA) is 62.3 Å².